The van der Waals surface area contributed by atoms with Gasteiger partial charge in [0, 0.05) is 13.2 Å². The summed E-state index contributed by atoms with van der Waals surface area (Å²) in [5, 5.41) is 0. The predicted molar refractivity (Wildman–Crippen MR) is 76.0 cm³/mol. The van der Waals surface area contributed by atoms with Crippen molar-refractivity contribution in [3.63, 3.8) is 0 Å². The maximum absolute atomic E-state index is 11.6. The van der Waals surface area contributed by atoms with Crippen LogP contribution in [0, 0.1) is 0 Å². The molecule has 0 amide bonds. The van der Waals surface area contributed by atoms with Crippen LogP contribution in [0.4, 0.5) is 0 Å². The fourth-order valence-corrected chi connectivity index (χ4v) is 1.41. The van der Waals surface area contributed by atoms with Crippen molar-refractivity contribution in [3.05, 3.63) is 0 Å². The van der Waals surface area contributed by atoms with Gasteiger partial charge in [0.15, 0.2) is 6.29 Å². The summed E-state index contributed by atoms with van der Waals surface area (Å²) in [5.41, 5.74) is 0. The second-order valence-corrected chi connectivity index (χ2v) is 4.66. The van der Waals surface area contributed by atoms with Crippen LogP contribution in [0.25, 0.3) is 0 Å². The van der Waals surface area contributed by atoms with Gasteiger partial charge in [-0.05, 0) is 19.3 Å². The highest BCUT2D eigenvalue weighted by Crippen LogP contribution is 2.06. The number of hydrogen-bond acceptors (Lipinski definition) is 4. The minimum absolute atomic E-state index is 0.192. The molecule has 0 heterocycles. The molecule has 0 spiro atoms. The molecule has 0 atom stereocenters. The topological polar surface area (TPSA) is 44.8 Å². The Morgan fingerprint density at radius 1 is 0.842 bits per heavy atom. The molecule has 0 saturated carbocycles. The first-order valence-electron chi connectivity index (χ1n) is 7.63. The molecule has 114 valence electrons. The largest absolute Gasteiger partial charge is 0.466 e. The predicted octanol–water partition coefficient (Wildman–Crippen LogP) is 3.68. The van der Waals surface area contributed by atoms with Crippen LogP contribution in [-0.4, -0.2) is 32.1 Å². The van der Waals surface area contributed by atoms with E-state index >= 15 is 0 Å². The van der Waals surface area contributed by atoms with Crippen molar-refractivity contribution in [3.8, 4) is 0 Å². The van der Waals surface area contributed by atoms with E-state index < -0.39 is 6.29 Å². The molecule has 19 heavy (non-hydrogen) atoms. The van der Waals surface area contributed by atoms with Crippen LogP contribution in [0.3, 0.4) is 0 Å². The molecule has 0 unspecified atom stereocenters. The highest BCUT2D eigenvalue weighted by atomic mass is 16.7. The lowest BCUT2D eigenvalue weighted by Crippen LogP contribution is -2.24. The molecular weight excluding hydrogens is 244 g/mol. The van der Waals surface area contributed by atoms with Crippen molar-refractivity contribution in [1.29, 1.82) is 0 Å². The Labute approximate surface area is 117 Å². The highest BCUT2D eigenvalue weighted by Gasteiger charge is 2.15. The molecule has 0 N–H and O–H groups in total. The molecule has 0 bridgehead atoms. The fourth-order valence-electron chi connectivity index (χ4n) is 1.41. The van der Waals surface area contributed by atoms with Crippen LogP contribution in [0.1, 0.15) is 65.7 Å². The van der Waals surface area contributed by atoms with E-state index in [4.69, 9.17) is 14.2 Å². The molecular formula is C15H30O4. The summed E-state index contributed by atoms with van der Waals surface area (Å²) >= 11 is 0. The van der Waals surface area contributed by atoms with Gasteiger partial charge >= 0.3 is 5.97 Å². The summed E-state index contributed by atoms with van der Waals surface area (Å²) < 4.78 is 16.3. The molecule has 0 fully saturated rings. The van der Waals surface area contributed by atoms with Gasteiger partial charge in [0.2, 0.25) is 0 Å². The van der Waals surface area contributed by atoms with Gasteiger partial charge < -0.3 is 14.2 Å². The van der Waals surface area contributed by atoms with Crippen LogP contribution in [0.2, 0.25) is 0 Å². The van der Waals surface area contributed by atoms with Crippen LogP contribution in [0.15, 0.2) is 0 Å². The van der Waals surface area contributed by atoms with Crippen LogP contribution in [0.5, 0.6) is 0 Å². The van der Waals surface area contributed by atoms with Crippen molar-refractivity contribution in [2.24, 2.45) is 0 Å². The van der Waals surface area contributed by atoms with Crippen LogP contribution in [-0.2, 0) is 19.0 Å². The van der Waals surface area contributed by atoms with Gasteiger partial charge in [-0.2, -0.15) is 0 Å². The number of ether oxygens (including phenoxy) is 3. The lowest BCUT2D eigenvalue weighted by molar-refractivity contribution is -0.171. The van der Waals surface area contributed by atoms with E-state index in [-0.39, 0.29) is 12.4 Å². The molecule has 4 heteroatoms. The zero-order valence-corrected chi connectivity index (χ0v) is 12.8. The molecule has 0 aliphatic heterocycles. The number of unbranched alkanes of at least 4 members (excludes halogenated alkanes) is 3. The average molecular weight is 274 g/mol. The smallest absolute Gasteiger partial charge is 0.310 e. The van der Waals surface area contributed by atoms with Crippen molar-refractivity contribution in [2.75, 3.05) is 19.8 Å². The van der Waals surface area contributed by atoms with E-state index in [1.165, 1.54) is 0 Å². The first kappa shape index (κ1) is 18.4. The number of esters is 1. The second kappa shape index (κ2) is 13.8. The van der Waals surface area contributed by atoms with Gasteiger partial charge in [0.1, 0.15) is 0 Å². The van der Waals surface area contributed by atoms with E-state index in [9.17, 15) is 4.79 Å². The third kappa shape index (κ3) is 12.2. The summed E-state index contributed by atoms with van der Waals surface area (Å²) in [5.74, 6) is -0.230. The Hall–Kier alpha value is -0.610. The summed E-state index contributed by atoms with van der Waals surface area (Å²) in [6, 6.07) is 0. The zero-order chi connectivity index (χ0) is 14.3. The molecule has 0 aromatic heterocycles. The number of carbonyl (C=O) groups excluding carboxylic acids is 1. The maximum Gasteiger partial charge on any atom is 0.310 e. The molecule has 0 rings (SSSR count). The van der Waals surface area contributed by atoms with Crippen molar-refractivity contribution in [1.82, 2.24) is 0 Å². The van der Waals surface area contributed by atoms with E-state index in [0.717, 1.165) is 38.5 Å². The molecule has 4 nitrogen and oxygen atoms in total. The van der Waals surface area contributed by atoms with Gasteiger partial charge in [0.25, 0.3) is 0 Å². The molecule has 0 saturated heterocycles. The van der Waals surface area contributed by atoms with E-state index in [1.807, 2.05) is 0 Å². The summed E-state index contributed by atoms with van der Waals surface area (Å²) in [7, 11) is 0. The fraction of sp³-hybridized carbons (Fsp3) is 0.933. The number of hydrogen-bond donors (Lipinski definition) is 0. The number of carbonyl (C=O) groups is 1. The molecule has 0 aliphatic rings. The monoisotopic (exact) mass is 274 g/mol. The van der Waals surface area contributed by atoms with Crippen LogP contribution >= 0.6 is 0 Å². The van der Waals surface area contributed by atoms with E-state index in [2.05, 4.69) is 20.8 Å². The zero-order valence-electron chi connectivity index (χ0n) is 12.8. The molecule has 0 aromatic carbocycles. The van der Waals surface area contributed by atoms with Gasteiger partial charge in [-0.1, -0.05) is 40.0 Å². The average Bonchev–Trinajstić information content (AvgIpc) is 2.39. The van der Waals surface area contributed by atoms with Crippen molar-refractivity contribution in [2.45, 2.75) is 72.0 Å². The second-order valence-electron chi connectivity index (χ2n) is 4.66. The minimum atomic E-state index is -0.452. The lowest BCUT2D eigenvalue weighted by Gasteiger charge is -2.17. The first-order chi connectivity index (χ1) is 9.24. The van der Waals surface area contributed by atoms with Crippen molar-refractivity contribution >= 4 is 5.97 Å². The quantitative estimate of drug-likeness (QED) is 0.292. The molecule has 0 aliphatic carbocycles. The third-order valence-corrected chi connectivity index (χ3v) is 2.70. The highest BCUT2D eigenvalue weighted by molar-refractivity contribution is 5.69. The normalized spacial score (nSPS) is 10.9. The first-order valence-corrected chi connectivity index (χ1v) is 7.63. The lowest BCUT2D eigenvalue weighted by atomic mass is 10.3. The summed E-state index contributed by atoms with van der Waals surface area (Å²) in [6.07, 6.45) is 5.78. The minimum Gasteiger partial charge on any atom is -0.466 e. The SMILES string of the molecule is CCCCOC(=O)CC(OCCCC)OCCCC. The van der Waals surface area contributed by atoms with Gasteiger partial charge in [-0.25, -0.2) is 0 Å². The Kier molecular flexibility index (Phi) is 13.4. The summed E-state index contributed by atoms with van der Waals surface area (Å²) in [6.45, 7) is 8.04. The standard InChI is InChI=1S/C15H30O4/c1-4-7-10-17-14(16)13-15(18-11-8-5-2)19-12-9-6-3/h15H,4-13H2,1-3H3. The van der Waals surface area contributed by atoms with Gasteiger partial charge in [-0.3, -0.25) is 4.79 Å². The molecule has 0 radical (unpaired) electrons. The Morgan fingerprint density at radius 3 is 1.79 bits per heavy atom. The maximum atomic E-state index is 11.6. The van der Waals surface area contributed by atoms with Crippen molar-refractivity contribution < 1.29 is 19.0 Å². The van der Waals surface area contributed by atoms with Crippen LogP contribution < -0.4 is 0 Å². The number of rotatable bonds is 13. The summed E-state index contributed by atoms with van der Waals surface area (Å²) in [4.78, 5) is 11.6. The van der Waals surface area contributed by atoms with Gasteiger partial charge in [0.05, 0.1) is 13.0 Å². The molecule has 0 aromatic rings. The van der Waals surface area contributed by atoms with E-state index in [0.29, 0.717) is 19.8 Å². The Bertz CT molecular complexity index is 196. The van der Waals surface area contributed by atoms with E-state index in [1.54, 1.807) is 0 Å². The Balaban J connectivity index is 3.89. The third-order valence-electron chi connectivity index (χ3n) is 2.70. The van der Waals surface area contributed by atoms with Gasteiger partial charge in [-0.15, -0.1) is 0 Å². The Morgan fingerprint density at radius 2 is 1.32 bits per heavy atom.